The van der Waals surface area contributed by atoms with Crippen LogP contribution in [0.25, 0.3) is 21.8 Å². The van der Waals surface area contributed by atoms with E-state index in [-0.39, 0.29) is 5.78 Å². The predicted octanol–water partition coefficient (Wildman–Crippen LogP) is 5.14. The molecule has 4 aromatic rings. The minimum Gasteiger partial charge on any atom is -0.354 e. The number of hydrogen-bond donors (Lipinski definition) is 1. The van der Waals surface area contributed by atoms with Crippen molar-refractivity contribution in [3.8, 4) is 0 Å². The van der Waals surface area contributed by atoms with E-state index in [1.165, 1.54) is 10.9 Å². The quantitative estimate of drug-likeness (QED) is 0.520. The van der Waals surface area contributed by atoms with Gasteiger partial charge in [-0.05, 0) is 24.1 Å². The molecule has 1 aromatic heterocycles. The molecule has 0 saturated heterocycles. The maximum Gasteiger partial charge on any atom is 0.165 e. The number of hydrogen-bond acceptors (Lipinski definition) is 1. The van der Waals surface area contributed by atoms with E-state index in [4.69, 9.17) is 0 Å². The highest BCUT2D eigenvalue weighted by Crippen LogP contribution is 2.28. The lowest BCUT2D eigenvalue weighted by Crippen LogP contribution is -2.02. The average molecular weight is 299 g/mol. The first-order valence-electron chi connectivity index (χ1n) is 7.89. The third-order valence-corrected chi connectivity index (χ3v) is 4.33. The van der Waals surface area contributed by atoms with Crippen LogP contribution in [0.2, 0.25) is 0 Å². The minimum absolute atomic E-state index is 0.186. The third kappa shape index (κ3) is 2.53. The van der Waals surface area contributed by atoms with E-state index in [0.29, 0.717) is 6.42 Å². The van der Waals surface area contributed by atoms with Crippen LogP contribution >= 0.6 is 0 Å². The summed E-state index contributed by atoms with van der Waals surface area (Å²) in [6.07, 6.45) is 1.30. The van der Waals surface area contributed by atoms with Gasteiger partial charge in [-0.1, -0.05) is 60.7 Å². The summed E-state index contributed by atoms with van der Waals surface area (Å²) in [4.78, 5) is 16.1. The van der Waals surface area contributed by atoms with Gasteiger partial charge in [0.15, 0.2) is 5.78 Å². The second kappa shape index (κ2) is 5.73. The number of para-hydroxylation sites is 2. The van der Waals surface area contributed by atoms with E-state index in [1.807, 2.05) is 48.5 Å². The van der Waals surface area contributed by atoms with Crippen LogP contribution in [0.5, 0.6) is 0 Å². The summed E-state index contributed by atoms with van der Waals surface area (Å²) >= 11 is 0. The van der Waals surface area contributed by atoms with Crippen LogP contribution in [0.15, 0.2) is 72.8 Å². The normalized spacial score (nSPS) is 11.1. The second-order valence-corrected chi connectivity index (χ2v) is 5.81. The molecule has 1 heterocycles. The molecule has 0 aliphatic carbocycles. The van der Waals surface area contributed by atoms with Crippen LogP contribution in [0.3, 0.4) is 0 Å². The summed E-state index contributed by atoms with van der Waals surface area (Å²) in [6.45, 7) is 0. The zero-order valence-corrected chi connectivity index (χ0v) is 12.8. The molecule has 3 aromatic carbocycles. The smallest absolute Gasteiger partial charge is 0.165 e. The van der Waals surface area contributed by atoms with Crippen molar-refractivity contribution in [3.05, 3.63) is 83.9 Å². The number of aromatic nitrogens is 1. The van der Waals surface area contributed by atoms with Gasteiger partial charge in [0.05, 0.1) is 5.52 Å². The number of Topliss-reactive ketones (excluding diaryl/α,β-unsaturated/α-hetero) is 1. The van der Waals surface area contributed by atoms with Crippen molar-refractivity contribution in [2.24, 2.45) is 0 Å². The highest BCUT2D eigenvalue weighted by molar-refractivity contribution is 6.15. The fourth-order valence-electron chi connectivity index (χ4n) is 3.14. The molecule has 0 aliphatic heterocycles. The van der Waals surface area contributed by atoms with Gasteiger partial charge >= 0.3 is 0 Å². The number of fused-ring (bicyclic) bond motifs is 3. The molecule has 0 saturated carbocycles. The molecule has 23 heavy (non-hydrogen) atoms. The summed E-state index contributed by atoms with van der Waals surface area (Å²) < 4.78 is 0. The number of benzene rings is 3. The van der Waals surface area contributed by atoms with Crippen molar-refractivity contribution in [1.29, 1.82) is 0 Å². The number of rotatable bonds is 4. The molecule has 1 N–H and O–H groups in total. The van der Waals surface area contributed by atoms with Gasteiger partial charge in [0.1, 0.15) is 0 Å². The molecule has 0 radical (unpaired) electrons. The lowest BCUT2D eigenvalue weighted by molar-refractivity contribution is 0.0984. The van der Waals surface area contributed by atoms with E-state index in [1.54, 1.807) is 0 Å². The summed E-state index contributed by atoms with van der Waals surface area (Å²) in [5.41, 5.74) is 4.01. The van der Waals surface area contributed by atoms with Gasteiger partial charge < -0.3 is 4.98 Å². The van der Waals surface area contributed by atoms with Crippen LogP contribution < -0.4 is 0 Å². The molecule has 0 unspecified atom stereocenters. The summed E-state index contributed by atoms with van der Waals surface area (Å²) in [5.74, 6) is 0.186. The number of nitrogens with one attached hydrogen (secondary N) is 1. The Morgan fingerprint density at radius 1 is 0.783 bits per heavy atom. The Hall–Kier alpha value is -2.87. The Kier molecular flexibility index (Phi) is 3.43. The first kappa shape index (κ1) is 13.8. The van der Waals surface area contributed by atoms with Crippen molar-refractivity contribution in [3.63, 3.8) is 0 Å². The van der Waals surface area contributed by atoms with E-state index < -0.39 is 0 Å². The van der Waals surface area contributed by atoms with E-state index in [9.17, 15) is 4.79 Å². The molecule has 2 nitrogen and oxygen atoms in total. The van der Waals surface area contributed by atoms with Crippen molar-refractivity contribution >= 4 is 27.6 Å². The summed E-state index contributed by atoms with van der Waals surface area (Å²) in [7, 11) is 0. The zero-order chi connectivity index (χ0) is 15.6. The largest absolute Gasteiger partial charge is 0.354 e. The molecule has 112 valence electrons. The monoisotopic (exact) mass is 299 g/mol. The SMILES string of the molecule is O=C(CCc1ccccc1)c1cccc2c1[nH]c1ccccc12. The maximum absolute atomic E-state index is 12.7. The molecule has 0 aliphatic rings. The average Bonchev–Trinajstić information content (AvgIpc) is 2.99. The van der Waals surface area contributed by atoms with E-state index in [2.05, 4.69) is 29.2 Å². The third-order valence-electron chi connectivity index (χ3n) is 4.33. The standard InChI is InChI=1S/C21H17NO/c23-20(14-13-15-7-2-1-3-8-15)18-11-6-10-17-16-9-4-5-12-19(16)22-21(17)18/h1-12,22H,13-14H2. The van der Waals surface area contributed by atoms with E-state index in [0.717, 1.165) is 28.4 Å². The van der Waals surface area contributed by atoms with E-state index >= 15 is 0 Å². The molecule has 0 fully saturated rings. The number of carbonyl (C=O) groups excluding carboxylic acids is 1. The molecular weight excluding hydrogens is 282 g/mol. The Labute approximate surface area is 134 Å². The molecule has 0 amide bonds. The van der Waals surface area contributed by atoms with Gasteiger partial charge in [0, 0.05) is 28.3 Å². The highest BCUT2D eigenvalue weighted by atomic mass is 16.1. The number of ketones is 1. The number of H-pyrrole nitrogens is 1. The molecular formula is C21H17NO. The molecule has 2 heteroatoms. The summed E-state index contributed by atoms with van der Waals surface area (Å²) in [5, 5.41) is 2.28. The zero-order valence-electron chi connectivity index (χ0n) is 12.8. The van der Waals surface area contributed by atoms with Crippen molar-refractivity contribution in [1.82, 2.24) is 4.98 Å². The van der Waals surface area contributed by atoms with Gasteiger partial charge in [0.25, 0.3) is 0 Å². The molecule has 4 rings (SSSR count). The van der Waals surface area contributed by atoms with Crippen molar-refractivity contribution in [2.45, 2.75) is 12.8 Å². The highest BCUT2D eigenvalue weighted by Gasteiger charge is 2.13. The first-order chi connectivity index (χ1) is 11.3. The minimum atomic E-state index is 0.186. The van der Waals surface area contributed by atoms with Crippen LogP contribution in [-0.2, 0) is 6.42 Å². The summed E-state index contributed by atoms with van der Waals surface area (Å²) in [6, 6.07) is 24.3. The molecule has 0 spiro atoms. The maximum atomic E-state index is 12.7. The van der Waals surface area contributed by atoms with Crippen LogP contribution in [0.4, 0.5) is 0 Å². The van der Waals surface area contributed by atoms with Gasteiger partial charge in [0.2, 0.25) is 0 Å². The van der Waals surface area contributed by atoms with Crippen LogP contribution in [0, 0.1) is 0 Å². The lowest BCUT2D eigenvalue weighted by atomic mass is 10.0. The van der Waals surface area contributed by atoms with Gasteiger partial charge in [-0.3, -0.25) is 4.79 Å². The fraction of sp³-hybridized carbons (Fsp3) is 0.0952. The van der Waals surface area contributed by atoms with Gasteiger partial charge in [-0.2, -0.15) is 0 Å². The Morgan fingerprint density at radius 2 is 1.52 bits per heavy atom. The Morgan fingerprint density at radius 3 is 2.39 bits per heavy atom. The number of carbonyl (C=O) groups is 1. The van der Waals surface area contributed by atoms with Crippen LogP contribution in [0.1, 0.15) is 22.3 Å². The second-order valence-electron chi connectivity index (χ2n) is 5.81. The topological polar surface area (TPSA) is 32.9 Å². The van der Waals surface area contributed by atoms with Crippen molar-refractivity contribution in [2.75, 3.05) is 0 Å². The Balaban J connectivity index is 1.69. The fourth-order valence-corrected chi connectivity index (χ4v) is 3.14. The van der Waals surface area contributed by atoms with Gasteiger partial charge in [-0.25, -0.2) is 0 Å². The predicted molar refractivity (Wildman–Crippen MR) is 94.9 cm³/mol. The molecule has 0 atom stereocenters. The lowest BCUT2D eigenvalue weighted by Gasteiger charge is -2.03. The first-order valence-corrected chi connectivity index (χ1v) is 7.89. The van der Waals surface area contributed by atoms with Crippen molar-refractivity contribution < 1.29 is 4.79 Å². The number of aromatic amines is 1. The van der Waals surface area contributed by atoms with Crippen LogP contribution in [-0.4, -0.2) is 10.8 Å². The molecule has 0 bridgehead atoms. The Bertz CT molecular complexity index is 983. The van der Waals surface area contributed by atoms with Gasteiger partial charge in [-0.15, -0.1) is 0 Å². The number of aryl methyl sites for hydroxylation is 1.